The third-order valence-corrected chi connectivity index (χ3v) is 7.26. The number of rotatable bonds is 5. The predicted octanol–water partition coefficient (Wildman–Crippen LogP) is 5.31. The van der Waals surface area contributed by atoms with Crippen LogP contribution in [0, 0.1) is 23.7 Å². The smallest absolute Gasteiger partial charge is 0.337 e. The molecule has 2 aliphatic rings. The number of carboxylic acids is 1. The number of carboxylic acid groups (broad SMARTS) is 1. The van der Waals surface area contributed by atoms with E-state index in [4.69, 9.17) is 4.98 Å². The van der Waals surface area contributed by atoms with E-state index in [1.807, 2.05) is 30.9 Å². The summed E-state index contributed by atoms with van der Waals surface area (Å²) in [4.78, 5) is 22.9. The SMILES string of the molecule is Cc1cc([C@@H](C)Nc2ccccc2C(=O)O)c2nc(N3CCC4(CC3)CC4(F)F)c(C#N)nc2c1. The van der Waals surface area contributed by atoms with Gasteiger partial charge in [-0.05, 0) is 50.5 Å². The molecule has 35 heavy (non-hydrogen) atoms. The van der Waals surface area contributed by atoms with Gasteiger partial charge in [0.2, 0.25) is 0 Å². The summed E-state index contributed by atoms with van der Waals surface area (Å²) in [5.41, 5.74) is 2.79. The van der Waals surface area contributed by atoms with Gasteiger partial charge in [0.1, 0.15) is 6.07 Å². The second kappa shape index (κ2) is 8.15. The maximum atomic E-state index is 13.9. The zero-order valence-electron chi connectivity index (χ0n) is 19.5. The summed E-state index contributed by atoms with van der Waals surface area (Å²) in [6.07, 6.45) is 0.650. The van der Waals surface area contributed by atoms with E-state index < -0.39 is 17.3 Å². The average Bonchev–Trinajstić information content (AvgIpc) is 3.36. The Morgan fingerprint density at radius 1 is 1.23 bits per heavy atom. The number of nitrogens with one attached hydrogen (secondary N) is 1. The zero-order chi connectivity index (χ0) is 25.0. The summed E-state index contributed by atoms with van der Waals surface area (Å²) >= 11 is 0. The van der Waals surface area contributed by atoms with Gasteiger partial charge in [-0.3, -0.25) is 0 Å². The highest BCUT2D eigenvalue weighted by Crippen LogP contribution is 2.66. The van der Waals surface area contributed by atoms with Crippen molar-refractivity contribution in [1.82, 2.24) is 9.97 Å². The van der Waals surface area contributed by atoms with Crippen LogP contribution in [0.5, 0.6) is 0 Å². The van der Waals surface area contributed by atoms with Crippen molar-refractivity contribution >= 4 is 28.5 Å². The van der Waals surface area contributed by atoms with Crippen LogP contribution in [0.15, 0.2) is 36.4 Å². The number of nitrogens with zero attached hydrogens (tertiary/aromatic N) is 4. The number of fused-ring (bicyclic) bond motifs is 1. The van der Waals surface area contributed by atoms with Gasteiger partial charge in [0.25, 0.3) is 5.92 Å². The van der Waals surface area contributed by atoms with Crippen LogP contribution in [0.3, 0.4) is 0 Å². The van der Waals surface area contributed by atoms with E-state index in [0.717, 1.165) is 11.1 Å². The number of hydrogen-bond acceptors (Lipinski definition) is 6. The minimum absolute atomic E-state index is 0.0627. The first-order chi connectivity index (χ1) is 16.6. The summed E-state index contributed by atoms with van der Waals surface area (Å²) in [6.45, 7) is 4.62. The van der Waals surface area contributed by atoms with Gasteiger partial charge in [-0.25, -0.2) is 23.5 Å². The van der Waals surface area contributed by atoms with Gasteiger partial charge >= 0.3 is 5.97 Å². The van der Waals surface area contributed by atoms with E-state index in [-0.39, 0.29) is 23.7 Å². The average molecular weight is 478 g/mol. The number of aromatic carboxylic acids is 1. The number of para-hydroxylation sites is 1. The number of aryl methyl sites for hydroxylation is 1. The van der Waals surface area contributed by atoms with E-state index in [1.54, 1.807) is 18.2 Å². The van der Waals surface area contributed by atoms with Crippen LogP contribution >= 0.6 is 0 Å². The second-order valence-electron chi connectivity index (χ2n) is 9.59. The van der Waals surface area contributed by atoms with Gasteiger partial charge in [-0.15, -0.1) is 0 Å². The Bertz CT molecular complexity index is 1380. The molecular formula is C26H25F2N5O2. The standard InChI is InChI=1S/C26H25F2N5O2/c1-15-11-18(16(2)30-19-6-4-3-5-17(19)24(34)35)22-20(12-15)31-21(13-29)23(32-22)33-9-7-25(8-10-33)14-26(25,27)28/h3-6,11-12,16,30H,7-10,14H2,1-2H3,(H,34,35)/t16-/m1/s1. The molecule has 1 aromatic heterocycles. The van der Waals surface area contributed by atoms with Crippen LogP contribution in [0.4, 0.5) is 20.3 Å². The van der Waals surface area contributed by atoms with Gasteiger partial charge in [-0.2, -0.15) is 5.26 Å². The molecule has 1 aliphatic heterocycles. The summed E-state index contributed by atoms with van der Waals surface area (Å²) < 4.78 is 27.7. The molecule has 0 unspecified atom stereocenters. The lowest BCUT2D eigenvalue weighted by atomic mass is 9.93. The topological polar surface area (TPSA) is 102 Å². The van der Waals surface area contributed by atoms with E-state index in [1.165, 1.54) is 6.07 Å². The number of anilines is 2. The van der Waals surface area contributed by atoms with Gasteiger partial charge in [-0.1, -0.05) is 18.2 Å². The Morgan fingerprint density at radius 3 is 2.54 bits per heavy atom. The quantitative estimate of drug-likeness (QED) is 0.514. The molecule has 1 spiro atoms. The summed E-state index contributed by atoms with van der Waals surface area (Å²) in [6, 6.07) is 12.3. The Balaban J connectivity index is 1.52. The Kier molecular flexibility index (Phi) is 5.35. The lowest BCUT2D eigenvalue weighted by Crippen LogP contribution is -2.37. The molecule has 0 radical (unpaired) electrons. The van der Waals surface area contributed by atoms with Crippen LogP contribution < -0.4 is 10.2 Å². The molecule has 1 atom stereocenters. The number of hydrogen-bond donors (Lipinski definition) is 2. The van der Waals surface area contributed by atoms with Gasteiger partial charge < -0.3 is 15.3 Å². The minimum atomic E-state index is -2.59. The zero-order valence-corrected chi connectivity index (χ0v) is 19.5. The van der Waals surface area contributed by atoms with Gasteiger partial charge in [0.05, 0.1) is 22.6 Å². The molecule has 0 amide bonds. The molecular weight excluding hydrogens is 452 g/mol. The van der Waals surface area contributed by atoms with Crippen molar-refractivity contribution in [1.29, 1.82) is 5.26 Å². The normalized spacial score (nSPS) is 18.8. The molecule has 3 aromatic rings. The fraction of sp³-hybridized carbons (Fsp3) is 0.385. The number of piperidine rings is 1. The van der Waals surface area contributed by atoms with Crippen LogP contribution in [0.2, 0.25) is 0 Å². The van der Waals surface area contributed by atoms with Crippen LogP contribution in [0.1, 0.15) is 59.4 Å². The van der Waals surface area contributed by atoms with E-state index in [2.05, 4.69) is 16.4 Å². The molecule has 2 fully saturated rings. The number of carbonyl (C=O) groups is 1. The molecule has 7 nitrogen and oxygen atoms in total. The Hall–Kier alpha value is -3.80. The van der Waals surface area contributed by atoms with Crippen LogP contribution in [-0.4, -0.2) is 40.1 Å². The largest absolute Gasteiger partial charge is 0.478 e. The first-order valence-electron chi connectivity index (χ1n) is 11.6. The van der Waals surface area contributed by atoms with Crippen molar-refractivity contribution < 1.29 is 18.7 Å². The molecule has 1 aliphatic carbocycles. The molecule has 2 N–H and O–H groups in total. The molecule has 9 heteroatoms. The summed E-state index contributed by atoms with van der Waals surface area (Å²) in [5, 5.41) is 22.6. The maximum absolute atomic E-state index is 13.9. The van der Waals surface area contributed by atoms with Crippen molar-refractivity contribution in [3.8, 4) is 6.07 Å². The molecule has 2 aromatic carbocycles. The lowest BCUT2D eigenvalue weighted by molar-refractivity contribution is 0.0536. The number of benzene rings is 2. The fourth-order valence-corrected chi connectivity index (χ4v) is 5.13. The third-order valence-electron chi connectivity index (χ3n) is 7.26. The van der Waals surface area contributed by atoms with Gasteiger partial charge in [0, 0.05) is 36.2 Å². The van der Waals surface area contributed by atoms with Crippen molar-refractivity contribution in [2.45, 2.75) is 45.1 Å². The molecule has 1 saturated heterocycles. The minimum Gasteiger partial charge on any atom is -0.478 e. The van der Waals surface area contributed by atoms with Crippen LogP contribution in [0.25, 0.3) is 11.0 Å². The maximum Gasteiger partial charge on any atom is 0.337 e. The molecule has 0 bridgehead atoms. The number of nitriles is 1. The number of alkyl halides is 2. The highest BCUT2D eigenvalue weighted by molar-refractivity contribution is 5.94. The van der Waals surface area contributed by atoms with Crippen molar-refractivity contribution in [2.75, 3.05) is 23.3 Å². The molecule has 2 heterocycles. The summed E-state index contributed by atoms with van der Waals surface area (Å²) in [5.74, 6) is -3.22. The third kappa shape index (κ3) is 3.93. The molecule has 1 saturated carbocycles. The Labute approximate surface area is 201 Å². The number of aromatic nitrogens is 2. The lowest BCUT2D eigenvalue weighted by Gasteiger charge is -2.33. The van der Waals surface area contributed by atoms with Crippen LogP contribution in [-0.2, 0) is 0 Å². The monoisotopic (exact) mass is 477 g/mol. The van der Waals surface area contributed by atoms with E-state index in [0.29, 0.717) is 48.5 Å². The molecule has 180 valence electrons. The predicted molar refractivity (Wildman–Crippen MR) is 128 cm³/mol. The van der Waals surface area contributed by atoms with E-state index in [9.17, 15) is 23.9 Å². The van der Waals surface area contributed by atoms with E-state index >= 15 is 0 Å². The second-order valence-corrected chi connectivity index (χ2v) is 9.59. The van der Waals surface area contributed by atoms with Crippen molar-refractivity contribution in [3.63, 3.8) is 0 Å². The Morgan fingerprint density at radius 2 is 1.91 bits per heavy atom. The highest BCUT2D eigenvalue weighted by atomic mass is 19.3. The fourth-order valence-electron chi connectivity index (χ4n) is 5.13. The first-order valence-corrected chi connectivity index (χ1v) is 11.6. The summed E-state index contributed by atoms with van der Waals surface area (Å²) in [7, 11) is 0. The van der Waals surface area contributed by atoms with Gasteiger partial charge in [0.15, 0.2) is 11.5 Å². The molecule has 5 rings (SSSR count). The highest BCUT2D eigenvalue weighted by Gasteiger charge is 2.70. The van der Waals surface area contributed by atoms with Crippen molar-refractivity contribution in [2.24, 2.45) is 5.41 Å². The van der Waals surface area contributed by atoms with Crippen molar-refractivity contribution in [3.05, 3.63) is 58.8 Å². The number of halogens is 2. The first kappa shape index (κ1) is 23.0.